The Morgan fingerprint density at radius 3 is 2.74 bits per heavy atom. The maximum Gasteiger partial charge on any atom is 0.256 e. The van der Waals surface area contributed by atoms with Crippen molar-refractivity contribution >= 4 is 23.4 Å². The highest BCUT2D eigenvalue weighted by molar-refractivity contribution is 5.85. The quantitative estimate of drug-likeness (QED) is 0.521. The fraction of sp³-hybridized carbons (Fsp3) is 0.292. The molecule has 2 aliphatic heterocycles. The molecule has 0 saturated carbocycles. The Bertz CT molecular complexity index is 1360. The van der Waals surface area contributed by atoms with Crippen LogP contribution < -0.4 is 10.9 Å². The number of fused-ring (bicyclic) bond motifs is 6. The SMILES string of the molecule is Cc1ccc(-c2ccn(-c3ccc4c5c(n(C)c4n3)CC3CCC5N3)c(=O)c2)cn1.Cl. The van der Waals surface area contributed by atoms with E-state index in [4.69, 9.17) is 4.98 Å². The minimum absolute atomic E-state index is 0. The van der Waals surface area contributed by atoms with Crippen LogP contribution in [0.1, 0.15) is 35.8 Å². The van der Waals surface area contributed by atoms with Crippen LogP contribution in [0, 0.1) is 6.92 Å². The van der Waals surface area contributed by atoms with E-state index in [0.29, 0.717) is 17.9 Å². The molecule has 1 saturated heterocycles. The molecule has 2 unspecified atom stereocenters. The molecule has 2 bridgehead atoms. The zero-order valence-electron chi connectivity index (χ0n) is 17.5. The average Bonchev–Trinajstić information content (AvgIpc) is 3.27. The number of halogens is 1. The van der Waals surface area contributed by atoms with Crippen LogP contribution in [0.5, 0.6) is 0 Å². The smallest absolute Gasteiger partial charge is 0.256 e. The molecule has 158 valence electrons. The minimum Gasteiger partial charge on any atom is -0.332 e. The van der Waals surface area contributed by atoms with Gasteiger partial charge in [0.25, 0.3) is 5.56 Å². The second-order valence-corrected chi connectivity index (χ2v) is 8.47. The lowest BCUT2D eigenvalue weighted by molar-refractivity contribution is 0.503. The van der Waals surface area contributed by atoms with Gasteiger partial charge in [-0.2, -0.15) is 0 Å². The zero-order valence-corrected chi connectivity index (χ0v) is 18.3. The third-order valence-electron chi connectivity index (χ3n) is 6.62. The van der Waals surface area contributed by atoms with Gasteiger partial charge in [-0.25, -0.2) is 4.98 Å². The first-order chi connectivity index (χ1) is 14.6. The Morgan fingerprint density at radius 2 is 1.97 bits per heavy atom. The van der Waals surface area contributed by atoms with Gasteiger partial charge in [-0.1, -0.05) is 6.07 Å². The molecule has 0 amide bonds. The van der Waals surface area contributed by atoms with Crippen LogP contribution in [0.4, 0.5) is 0 Å². The van der Waals surface area contributed by atoms with Crippen molar-refractivity contribution in [3.05, 3.63) is 76.1 Å². The van der Waals surface area contributed by atoms with E-state index in [2.05, 4.69) is 28.0 Å². The van der Waals surface area contributed by atoms with Gasteiger partial charge in [0.05, 0.1) is 0 Å². The molecule has 2 atom stereocenters. The maximum atomic E-state index is 12.9. The monoisotopic (exact) mass is 433 g/mol. The van der Waals surface area contributed by atoms with Crippen molar-refractivity contribution in [2.75, 3.05) is 0 Å². The van der Waals surface area contributed by atoms with Crippen molar-refractivity contribution in [1.82, 2.24) is 24.4 Å². The lowest BCUT2D eigenvalue weighted by Gasteiger charge is -2.22. The van der Waals surface area contributed by atoms with Crippen molar-refractivity contribution < 1.29 is 0 Å². The minimum atomic E-state index is -0.0976. The van der Waals surface area contributed by atoms with Crippen molar-refractivity contribution in [2.45, 2.75) is 38.3 Å². The summed E-state index contributed by atoms with van der Waals surface area (Å²) in [7, 11) is 2.10. The number of rotatable bonds is 2. The number of hydrogen-bond acceptors (Lipinski definition) is 4. The second kappa shape index (κ2) is 7.32. The first kappa shape index (κ1) is 20.0. The Morgan fingerprint density at radius 1 is 1.10 bits per heavy atom. The summed E-state index contributed by atoms with van der Waals surface area (Å²) in [5.74, 6) is 0.650. The number of hydrogen-bond donors (Lipinski definition) is 1. The standard InChI is InChI=1S/C24H23N5O.ClH/c1-14-3-4-16(13-25-14)15-9-10-29(22(30)11-15)21-8-6-18-23-19-7-5-17(26-19)12-20(23)28(2)24(18)27-21;/h3-4,6,8-11,13,17,19,26H,5,7,12H2,1-2H3;1H. The topological polar surface area (TPSA) is 64.7 Å². The highest BCUT2D eigenvalue weighted by Gasteiger charge is 2.36. The number of nitrogens with one attached hydrogen (secondary N) is 1. The van der Waals surface area contributed by atoms with Crippen LogP contribution in [0.3, 0.4) is 0 Å². The van der Waals surface area contributed by atoms with Gasteiger partial charge >= 0.3 is 0 Å². The fourth-order valence-corrected chi connectivity index (χ4v) is 5.07. The maximum absolute atomic E-state index is 12.9. The van der Waals surface area contributed by atoms with Crippen LogP contribution in [0.25, 0.3) is 28.0 Å². The Balaban J connectivity index is 0.00000204. The van der Waals surface area contributed by atoms with Crippen LogP contribution >= 0.6 is 12.4 Å². The lowest BCUT2D eigenvalue weighted by Crippen LogP contribution is -2.32. The van der Waals surface area contributed by atoms with Crippen molar-refractivity contribution in [1.29, 1.82) is 0 Å². The van der Waals surface area contributed by atoms with Crippen molar-refractivity contribution in [2.24, 2.45) is 7.05 Å². The molecular formula is C24H24ClN5O. The number of pyridine rings is 3. The summed E-state index contributed by atoms with van der Waals surface area (Å²) in [6, 6.07) is 12.6. The summed E-state index contributed by atoms with van der Waals surface area (Å²) in [5.41, 5.74) is 6.39. The predicted molar refractivity (Wildman–Crippen MR) is 124 cm³/mol. The lowest BCUT2D eigenvalue weighted by atomic mass is 10.00. The third-order valence-corrected chi connectivity index (χ3v) is 6.62. The van der Waals surface area contributed by atoms with E-state index in [-0.39, 0.29) is 18.0 Å². The normalized spacial score (nSPS) is 19.3. The molecule has 4 aromatic heterocycles. The van der Waals surface area contributed by atoms with Crippen LogP contribution in [-0.2, 0) is 13.5 Å². The van der Waals surface area contributed by atoms with E-state index >= 15 is 0 Å². The van der Waals surface area contributed by atoms with Crippen LogP contribution in [0.2, 0.25) is 0 Å². The largest absolute Gasteiger partial charge is 0.332 e. The first-order valence-electron chi connectivity index (χ1n) is 10.5. The molecule has 7 heteroatoms. The summed E-state index contributed by atoms with van der Waals surface area (Å²) in [4.78, 5) is 22.1. The van der Waals surface area contributed by atoms with E-state index in [1.807, 2.05) is 31.2 Å². The van der Waals surface area contributed by atoms with E-state index in [0.717, 1.165) is 28.9 Å². The molecule has 0 aliphatic carbocycles. The van der Waals surface area contributed by atoms with E-state index in [9.17, 15) is 4.79 Å². The van der Waals surface area contributed by atoms with Crippen molar-refractivity contribution in [3.63, 3.8) is 0 Å². The van der Waals surface area contributed by atoms with E-state index in [1.54, 1.807) is 23.0 Å². The summed E-state index contributed by atoms with van der Waals surface area (Å²) in [6.07, 6.45) is 7.08. The van der Waals surface area contributed by atoms with E-state index in [1.165, 1.54) is 29.5 Å². The fourth-order valence-electron chi connectivity index (χ4n) is 5.07. The summed E-state index contributed by atoms with van der Waals surface area (Å²) in [5, 5.41) is 4.93. The Labute approximate surface area is 186 Å². The average molecular weight is 434 g/mol. The number of nitrogens with zero attached hydrogens (tertiary/aromatic N) is 4. The van der Waals surface area contributed by atoms with Gasteiger partial charge in [0.2, 0.25) is 0 Å². The molecule has 1 fully saturated rings. The molecular weight excluding hydrogens is 410 g/mol. The summed E-state index contributed by atoms with van der Waals surface area (Å²) < 4.78 is 3.83. The Kier molecular flexibility index (Phi) is 4.72. The zero-order chi connectivity index (χ0) is 20.4. The van der Waals surface area contributed by atoms with Gasteiger partial charge in [-0.05, 0) is 55.2 Å². The molecule has 6 rings (SSSR count). The van der Waals surface area contributed by atoms with Gasteiger partial charge in [0, 0.05) is 66.3 Å². The summed E-state index contributed by atoms with van der Waals surface area (Å²) in [6.45, 7) is 1.95. The van der Waals surface area contributed by atoms with Gasteiger partial charge in [-0.15, -0.1) is 12.4 Å². The molecule has 1 N–H and O–H groups in total. The summed E-state index contributed by atoms with van der Waals surface area (Å²) >= 11 is 0. The van der Waals surface area contributed by atoms with Crippen LogP contribution in [0.15, 0.2) is 53.6 Å². The third kappa shape index (κ3) is 3.09. The molecule has 31 heavy (non-hydrogen) atoms. The predicted octanol–water partition coefficient (Wildman–Crippen LogP) is 3.87. The van der Waals surface area contributed by atoms with Gasteiger partial charge in [-0.3, -0.25) is 14.3 Å². The molecule has 2 aliphatic rings. The van der Waals surface area contributed by atoms with Gasteiger partial charge in [0.15, 0.2) is 0 Å². The van der Waals surface area contributed by atoms with E-state index < -0.39 is 0 Å². The molecule has 4 aromatic rings. The number of aromatic nitrogens is 4. The first-order valence-corrected chi connectivity index (χ1v) is 10.5. The van der Waals surface area contributed by atoms with Crippen LogP contribution in [-0.4, -0.2) is 25.1 Å². The highest BCUT2D eigenvalue weighted by Crippen LogP contribution is 2.41. The molecule has 0 radical (unpaired) electrons. The van der Waals surface area contributed by atoms with Gasteiger partial charge in [0.1, 0.15) is 11.5 Å². The highest BCUT2D eigenvalue weighted by atomic mass is 35.5. The number of aryl methyl sites for hydroxylation is 2. The molecule has 6 heterocycles. The molecule has 0 aromatic carbocycles. The van der Waals surface area contributed by atoms with Crippen molar-refractivity contribution in [3.8, 4) is 16.9 Å². The van der Waals surface area contributed by atoms with Gasteiger partial charge < -0.3 is 9.88 Å². The Hall–Kier alpha value is -2.96. The molecule has 6 nitrogen and oxygen atoms in total. The molecule has 0 spiro atoms. The second-order valence-electron chi connectivity index (χ2n) is 8.47.